The van der Waals surface area contributed by atoms with E-state index < -0.39 is 17.8 Å². The van der Waals surface area contributed by atoms with Crippen molar-refractivity contribution in [1.29, 1.82) is 0 Å². The normalized spacial score (nSPS) is 21.9. The highest BCUT2D eigenvalue weighted by molar-refractivity contribution is 6.30. The van der Waals surface area contributed by atoms with Gasteiger partial charge >= 0.3 is 0 Å². The number of ether oxygens (including phenoxy) is 1. The van der Waals surface area contributed by atoms with E-state index in [0.717, 1.165) is 44.8 Å². The molecule has 0 radical (unpaired) electrons. The zero-order valence-electron chi connectivity index (χ0n) is 14.1. The number of rotatable bonds is 5. The number of nitrogens with one attached hydrogen (secondary N) is 1. The number of carbonyl (C=O) groups is 1. The summed E-state index contributed by atoms with van der Waals surface area (Å²) in [6, 6.07) is 3.89. The van der Waals surface area contributed by atoms with Crippen molar-refractivity contribution in [1.82, 2.24) is 10.2 Å². The fourth-order valence-electron chi connectivity index (χ4n) is 3.76. The molecule has 1 aromatic rings. The zero-order chi connectivity index (χ0) is 17.9. The van der Waals surface area contributed by atoms with Crippen LogP contribution in [0.4, 0.5) is 4.39 Å². The summed E-state index contributed by atoms with van der Waals surface area (Å²) < 4.78 is 19.4. The molecule has 2 N–H and O–H groups in total. The Morgan fingerprint density at radius 2 is 2.04 bits per heavy atom. The number of halogens is 2. The quantitative estimate of drug-likeness (QED) is 0.834. The topological polar surface area (TPSA) is 61.8 Å². The van der Waals surface area contributed by atoms with Crippen LogP contribution in [0.5, 0.6) is 0 Å². The van der Waals surface area contributed by atoms with Crippen molar-refractivity contribution >= 4 is 17.5 Å². The van der Waals surface area contributed by atoms with Crippen molar-refractivity contribution in [3.05, 3.63) is 34.6 Å². The number of benzene rings is 1. The summed E-state index contributed by atoms with van der Waals surface area (Å²) in [4.78, 5) is 14.8. The van der Waals surface area contributed by atoms with Crippen LogP contribution in [0.15, 0.2) is 18.2 Å². The number of hydrogen-bond acceptors (Lipinski definition) is 4. The third kappa shape index (κ3) is 4.14. The summed E-state index contributed by atoms with van der Waals surface area (Å²) in [5, 5.41) is 13.3. The van der Waals surface area contributed by atoms with Crippen molar-refractivity contribution in [3.8, 4) is 0 Å². The van der Waals surface area contributed by atoms with Crippen LogP contribution in [-0.4, -0.2) is 54.3 Å². The summed E-state index contributed by atoms with van der Waals surface area (Å²) in [5.41, 5.74) is -0.202. The van der Waals surface area contributed by atoms with Crippen LogP contribution in [0.3, 0.4) is 0 Å². The van der Waals surface area contributed by atoms with Crippen molar-refractivity contribution in [2.24, 2.45) is 0 Å². The van der Waals surface area contributed by atoms with Gasteiger partial charge in [0.15, 0.2) is 6.10 Å². The van der Waals surface area contributed by atoms with Crippen LogP contribution < -0.4 is 5.32 Å². The highest BCUT2D eigenvalue weighted by Gasteiger charge is 2.40. The first-order valence-electron chi connectivity index (χ1n) is 8.75. The van der Waals surface area contributed by atoms with Gasteiger partial charge in [0.1, 0.15) is 5.82 Å². The second kappa shape index (κ2) is 7.99. The molecule has 3 rings (SSSR count). The van der Waals surface area contributed by atoms with Crippen molar-refractivity contribution in [3.63, 3.8) is 0 Å². The van der Waals surface area contributed by atoms with Crippen LogP contribution in [0.25, 0.3) is 0 Å². The van der Waals surface area contributed by atoms with Gasteiger partial charge in [-0.15, -0.1) is 0 Å². The standard InChI is InChI=1S/C18H24ClFN2O3/c19-13-3-4-14(15(20)11-13)16(23)17(24)21-12-18(5-9-25-10-6-18)22-7-1-2-8-22/h3-4,11,16,23H,1-2,5-10,12H2,(H,21,24). The molecule has 0 bridgehead atoms. The van der Waals surface area contributed by atoms with Gasteiger partial charge in [-0.1, -0.05) is 17.7 Å². The molecule has 1 atom stereocenters. The SMILES string of the molecule is O=C(NCC1(N2CCCC2)CCOCC1)C(O)c1ccc(Cl)cc1F. The van der Waals surface area contributed by atoms with Gasteiger partial charge in [0.05, 0.1) is 0 Å². The van der Waals surface area contributed by atoms with Gasteiger partial charge in [-0.3, -0.25) is 9.69 Å². The Kier molecular flexibility index (Phi) is 5.94. The Bertz CT molecular complexity index is 616. The molecule has 138 valence electrons. The molecule has 2 aliphatic rings. The fraction of sp³-hybridized carbons (Fsp3) is 0.611. The first-order chi connectivity index (χ1) is 12.0. The molecule has 2 heterocycles. The van der Waals surface area contributed by atoms with E-state index in [4.69, 9.17) is 16.3 Å². The molecule has 7 heteroatoms. The first kappa shape index (κ1) is 18.6. The predicted octanol–water partition coefficient (Wildman–Crippen LogP) is 2.27. The molecule has 5 nitrogen and oxygen atoms in total. The molecule has 0 saturated carbocycles. The molecule has 0 aliphatic carbocycles. The van der Waals surface area contributed by atoms with E-state index in [1.165, 1.54) is 12.1 Å². The second-order valence-corrected chi connectivity index (χ2v) is 7.25. The minimum absolute atomic E-state index is 0.0656. The van der Waals surface area contributed by atoms with Crippen LogP contribution in [0, 0.1) is 5.82 Å². The molecule has 25 heavy (non-hydrogen) atoms. The Morgan fingerprint density at radius 3 is 2.68 bits per heavy atom. The maximum absolute atomic E-state index is 13.9. The van der Waals surface area contributed by atoms with E-state index in [1.807, 2.05) is 0 Å². The average Bonchev–Trinajstić information content (AvgIpc) is 3.15. The number of aliphatic hydroxyl groups is 1. The van der Waals surface area contributed by atoms with E-state index in [0.29, 0.717) is 19.8 Å². The highest BCUT2D eigenvalue weighted by atomic mass is 35.5. The molecule has 2 aliphatic heterocycles. The van der Waals surface area contributed by atoms with E-state index in [2.05, 4.69) is 10.2 Å². The molecule has 1 amide bonds. The van der Waals surface area contributed by atoms with Gasteiger partial charge in [-0.2, -0.15) is 0 Å². The van der Waals surface area contributed by atoms with E-state index >= 15 is 0 Å². The van der Waals surface area contributed by atoms with Gasteiger partial charge in [0, 0.05) is 35.9 Å². The Balaban J connectivity index is 1.66. The minimum Gasteiger partial charge on any atom is -0.381 e. The van der Waals surface area contributed by atoms with Crippen LogP contribution in [0.1, 0.15) is 37.4 Å². The molecule has 0 spiro atoms. The lowest BCUT2D eigenvalue weighted by molar-refractivity contribution is -0.131. The Morgan fingerprint density at radius 1 is 1.36 bits per heavy atom. The second-order valence-electron chi connectivity index (χ2n) is 6.82. The molecule has 0 aromatic heterocycles. The summed E-state index contributed by atoms with van der Waals surface area (Å²) in [6.07, 6.45) is 2.47. The van der Waals surface area contributed by atoms with Crippen molar-refractivity contribution in [2.45, 2.75) is 37.3 Å². The monoisotopic (exact) mass is 370 g/mol. The molecule has 1 aromatic carbocycles. The molecule has 2 fully saturated rings. The summed E-state index contributed by atoms with van der Waals surface area (Å²) >= 11 is 5.72. The third-order valence-electron chi connectivity index (χ3n) is 5.30. The number of hydrogen-bond donors (Lipinski definition) is 2. The Labute approximate surface area is 152 Å². The third-order valence-corrected chi connectivity index (χ3v) is 5.53. The van der Waals surface area contributed by atoms with Gasteiger partial charge in [-0.05, 0) is 50.9 Å². The molecular formula is C18H24ClFN2O3. The minimum atomic E-state index is -1.55. The average molecular weight is 371 g/mol. The van der Waals surface area contributed by atoms with Gasteiger partial charge < -0.3 is 15.2 Å². The maximum atomic E-state index is 13.9. The van der Waals surface area contributed by atoms with Gasteiger partial charge in [0.25, 0.3) is 5.91 Å². The smallest absolute Gasteiger partial charge is 0.253 e. The lowest BCUT2D eigenvalue weighted by Crippen LogP contribution is -2.57. The summed E-state index contributed by atoms with van der Waals surface area (Å²) in [7, 11) is 0. The van der Waals surface area contributed by atoms with Crippen molar-refractivity contribution < 1.29 is 19.0 Å². The van der Waals surface area contributed by atoms with Crippen LogP contribution in [-0.2, 0) is 9.53 Å². The van der Waals surface area contributed by atoms with Gasteiger partial charge in [-0.25, -0.2) is 4.39 Å². The van der Waals surface area contributed by atoms with E-state index in [-0.39, 0.29) is 16.1 Å². The maximum Gasteiger partial charge on any atom is 0.253 e. The highest BCUT2D eigenvalue weighted by Crippen LogP contribution is 2.31. The van der Waals surface area contributed by atoms with E-state index in [1.54, 1.807) is 0 Å². The number of aliphatic hydroxyl groups excluding tert-OH is 1. The summed E-state index contributed by atoms with van der Waals surface area (Å²) in [5.74, 6) is -1.28. The number of amides is 1. The number of nitrogens with zero attached hydrogens (tertiary/aromatic N) is 1. The molecular weight excluding hydrogens is 347 g/mol. The predicted molar refractivity (Wildman–Crippen MR) is 93.0 cm³/mol. The van der Waals surface area contributed by atoms with E-state index in [9.17, 15) is 14.3 Å². The molecule has 2 saturated heterocycles. The lowest BCUT2D eigenvalue weighted by Gasteiger charge is -2.44. The Hall–Kier alpha value is -1.21. The summed E-state index contributed by atoms with van der Waals surface area (Å²) in [6.45, 7) is 3.80. The van der Waals surface area contributed by atoms with Crippen LogP contribution in [0.2, 0.25) is 5.02 Å². The lowest BCUT2D eigenvalue weighted by atomic mass is 9.88. The fourth-order valence-corrected chi connectivity index (χ4v) is 3.92. The molecule has 1 unspecified atom stereocenters. The van der Waals surface area contributed by atoms with Crippen molar-refractivity contribution in [2.75, 3.05) is 32.8 Å². The number of carbonyl (C=O) groups excluding carboxylic acids is 1. The van der Waals surface area contributed by atoms with Crippen LogP contribution >= 0.6 is 11.6 Å². The number of likely N-dealkylation sites (tertiary alicyclic amines) is 1. The largest absolute Gasteiger partial charge is 0.381 e. The zero-order valence-corrected chi connectivity index (χ0v) is 14.9. The van der Waals surface area contributed by atoms with Gasteiger partial charge in [0.2, 0.25) is 0 Å². The first-order valence-corrected chi connectivity index (χ1v) is 9.13.